The highest BCUT2D eigenvalue weighted by Gasteiger charge is 2.26. The Morgan fingerprint density at radius 1 is 0.414 bits per heavy atom. The number of unbranched alkanes of at least 4 members (excludes halogenated alkanes) is 36. The van der Waals surface area contributed by atoms with Crippen molar-refractivity contribution >= 4 is 5.91 Å². The van der Waals surface area contributed by atoms with Gasteiger partial charge in [-0.3, -0.25) is 4.79 Å². The highest BCUT2D eigenvalue weighted by Crippen LogP contribution is 2.17. The Balaban J connectivity index is 3.59. The predicted molar refractivity (Wildman–Crippen MR) is 255 cm³/mol. The Kier molecular flexibility index (Phi) is 47.5. The average Bonchev–Trinajstić information content (AvgIpc) is 3.23. The van der Waals surface area contributed by atoms with Crippen LogP contribution in [0, 0.1) is 0 Å². The van der Waals surface area contributed by atoms with E-state index in [1.165, 1.54) is 212 Å². The maximum absolute atomic E-state index is 12.5. The molecule has 0 aliphatic rings. The van der Waals surface area contributed by atoms with Crippen molar-refractivity contribution in [3.8, 4) is 0 Å². The summed E-state index contributed by atoms with van der Waals surface area (Å²) in [6.45, 7) is 4.19. The smallest absolute Gasteiger partial charge is 0.220 e. The monoisotopic (exact) mass is 818 g/mol. The third-order valence-corrected chi connectivity index (χ3v) is 12.3. The average molecular weight is 818 g/mol. The second-order valence-electron chi connectivity index (χ2n) is 18.1. The first-order valence-electron chi connectivity index (χ1n) is 26.1. The molecule has 4 N–H and O–H groups in total. The van der Waals surface area contributed by atoms with E-state index in [2.05, 4.69) is 43.5 Å². The number of carbonyl (C=O) groups excluding carboxylic acids is 1. The fourth-order valence-corrected chi connectivity index (χ4v) is 8.24. The van der Waals surface area contributed by atoms with Crippen LogP contribution < -0.4 is 5.32 Å². The van der Waals surface area contributed by atoms with Gasteiger partial charge in [0.25, 0.3) is 0 Å². The molecule has 0 radical (unpaired) electrons. The van der Waals surface area contributed by atoms with Crippen LogP contribution in [-0.2, 0) is 4.79 Å². The summed E-state index contributed by atoms with van der Waals surface area (Å²) in [5.41, 5.74) is 0. The summed E-state index contributed by atoms with van der Waals surface area (Å²) < 4.78 is 0. The summed E-state index contributed by atoms with van der Waals surface area (Å²) in [6.07, 6.45) is 60.3. The van der Waals surface area contributed by atoms with E-state index in [1.807, 2.05) is 0 Å². The number of aliphatic hydroxyl groups excluding tert-OH is 3. The van der Waals surface area contributed by atoms with Crippen LogP contribution in [-0.4, -0.2) is 46.1 Å². The molecule has 0 bridgehead atoms. The highest BCUT2D eigenvalue weighted by atomic mass is 16.3. The third-order valence-electron chi connectivity index (χ3n) is 12.3. The zero-order chi connectivity index (χ0) is 42.3. The predicted octanol–water partition coefficient (Wildman–Crippen LogP) is 15.7. The van der Waals surface area contributed by atoms with E-state index >= 15 is 0 Å². The number of nitrogens with one attached hydrogen (secondary N) is 1. The molecule has 3 atom stereocenters. The maximum atomic E-state index is 12.5. The maximum Gasteiger partial charge on any atom is 0.220 e. The second-order valence-corrected chi connectivity index (χ2v) is 18.1. The number of rotatable bonds is 48. The van der Waals surface area contributed by atoms with E-state index in [0.29, 0.717) is 12.8 Å². The van der Waals surface area contributed by atoms with Crippen molar-refractivity contribution in [1.82, 2.24) is 5.32 Å². The lowest BCUT2D eigenvalue weighted by Gasteiger charge is -2.26. The molecule has 0 saturated heterocycles. The number of hydrogen-bond donors (Lipinski definition) is 4. The quantitative estimate of drug-likeness (QED) is 0.0364. The molecule has 0 heterocycles. The molecule has 5 heteroatoms. The normalized spacial score (nSPS) is 13.5. The minimum atomic E-state index is -1.16. The summed E-state index contributed by atoms with van der Waals surface area (Å²) >= 11 is 0. The van der Waals surface area contributed by atoms with Crippen LogP contribution in [0.1, 0.15) is 284 Å². The Bertz CT molecular complexity index is 859. The van der Waals surface area contributed by atoms with Crippen LogP contribution in [0.2, 0.25) is 0 Å². The molecule has 0 aromatic carbocycles. The first-order chi connectivity index (χ1) is 28.6. The van der Waals surface area contributed by atoms with Gasteiger partial charge in [0.05, 0.1) is 18.8 Å². The van der Waals surface area contributed by atoms with Gasteiger partial charge in [0.1, 0.15) is 6.10 Å². The molecule has 3 unspecified atom stereocenters. The molecule has 1 amide bonds. The molecule has 0 rings (SSSR count). The van der Waals surface area contributed by atoms with Crippen molar-refractivity contribution in [2.24, 2.45) is 0 Å². The molecule has 0 aromatic rings. The van der Waals surface area contributed by atoms with Gasteiger partial charge in [-0.05, 0) is 51.4 Å². The van der Waals surface area contributed by atoms with Crippen molar-refractivity contribution in [3.05, 3.63) is 24.3 Å². The second kappa shape index (κ2) is 48.5. The summed E-state index contributed by atoms with van der Waals surface area (Å²) in [5, 5.41) is 33.7. The number of amides is 1. The van der Waals surface area contributed by atoms with Crippen molar-refractivity contribution in [2.45, 2.75) is 302 Å². The van der Waals surface area contributed by atoms with Gasteiger partial charge in [-0.15, -0.1) is 0 Å². The van der Waals surface area contributed by atoms with Crippen molar-refractivity contribution in [1.29, 1.82) is 0 Å². The standard InChI is InChI=1S/C53H103NO4/c1-3-5-7-9-11-13-15-17-19-21-23-25-26-27-28-30-32-34-36-38-40-42-44-46-48-52(57)54-50(49-55)53(58)51(56)47-45-43-41-39-37-35-33-31-29-24-22-20-18-16-14-12-10-8-6-4-2/h31,33,39,41,50-51,53,55-56,58H,3-30,32,34-38,40,42-49H2,1-2H3,(H,54,57)/b33-31+,41-39+. The molecular formula is C53H103NO4. The number of carbonyl (C=O) groups is 1. The fourth-order valence-electron chi connectivity index (χ4n) is 8.24. The summed E-state index contributed by atoms with van der Waals surface area (Å²) in [6, 6.07) is -0.829. The number of allylic oxidation sites excluding steroid dienone is 4. The molecule has 0 aliphatic heterocycles. The zero-order valence-electron chi connectivity index (χ0n) is 39.2. The molecule has 0 spiro atoms. The first kappa shape index (κ1) is 56.8. The van der Waals surface area contributed by atoms with Crippen LogP contribution in [0.25, 0.3) is 0 Å². The fraction of sp³-hybridized carbons (Fsp3) is 0.906. The van der Waals surface area contributed by atoms with Gasteiger partial charge in [-0.1, -0.05) is 250 Å². The lowest BCUT2D eigenvalue weighted by Crippen LogP contribution is -2.50. The van der Waals surface area contributed by atoms with Gasteiger partial charge in [0, 0.05) is 6.42 Å². The van der Waals surface area contributed by atoms with E-state index < -0.39 is 18.2 Å². The molecule has 344 valence electrons. The molecule has 0 saturated carbocycles. The highest BCUT2D eigenvalue weighted by molar-refractivity contribution is 5.76. The van der Waals surface area contributed by atoms with Crippen molar-refractivity contribution < 1.29 is 20.1 Å². The minimum Gasteiger partial charge on any atom is -0.394 e. The Labute approximate surface area is 362 Å². The van der Waals surface area contributed by atoms with Gasteiger partial charge in [0.15, 0.2) is 0 Å². The molecule has 0 aromatic heterocycles. The Hall–Kier alpha value is -1.17. The number of hydrogen-bond acceptors (Lipinski definition) is 4. The zero-order valence-corrected chi connectivity index (χ0v) is 39.2. The van der Waals surface area contributed by atoms with E-state index in [4.69, 9.17) is 0 Å². The summed E-state index contributed by atoms with van der Waals surface area (Å²) in [4.78, 5) is 12.5. The summed E-state index contributed by atoms with van der Waals surface area (Å²) in [7, 11) is 0. The first-order valence-corrected chi connectivity index (χ1v) is 26.1. The van der Waals surface area contributed by atoms with Gasteiger partial charge < -0.3 is 20.6 Å². The molecule has 58 heavy (non-hydrogen) atoms. The lowest BCUT2D eigenvalue weighted by molar-refractivity contribution is -0.124. The van der Waals surface area contributed by atoms with E-state index in [-0.39, 0.29) is 12.5 Å². The number of aliphatic hydroxyl groups is 3. The minimum absolute atomic E-state index is 0.153. The van der Waals surface area contributed by atoms with E-state index in [9.17, 15) is 20.1 Å². The summed E-state index contributed by atoms with van der Waals surface area (Å²) in [5.74, 6) is -0.153. The van der Waals surface area contributed by atoms with Crippen LogP contribution in [0.4, 0.5) is 0 Å². The van der Waals surface area contributed by atoms with Crippen LogP contribution >= 0.6 is 0 Å². The van der Waals surface area contributed by atoms with Gasteiger partial charge in [0.2, 0.25) is 5.91 Å². The van der Waals surface area contributed by atoms with Gasteiger partial charge in [-0.2, -0.15) is 0 Å². The topological polar surface area (TPSA) is 89.8 Å². The van der Waals surface area contributed by atoms with E-state index in [0.717, 1.165) is 44.9 Å². The molecule has 0 fully saturated rings. The van der Waals surface area contributed by atoms with Crippen molar-refractivity contribution in [2.75, 3.05) is 6.61 Å². The largest absolute Gasteiger partial charge is 0.394 e. The third kappa shape index (κ3) is 42.9. The SMILES string of the molecule is CCCCCCCCCCCCC/C=C/CC/C=C/CCCC(O)C(O)C(CO)NC(=O)CCCCCCCCCCCCCCCCCCCCCCCCCC. The molecule has 5 nitrogen and oxygen atoms in total. The van der Waals surface area contributed by atoms with E-state index in [1.54, 1.807) is 0 Å². The lowest BCUT2D eigenvalue weighted by atomic mass is 10.0. The van der Waals surface area contributed by atoms with Crippen LogP contribution in [0.3, 0.4) is 0 Å². The van der Waals surface area contributed by atoms with Crippen LogP contribution in [0.15, 0.2) is 24.3 Å². The Morgan fingerprint density at radius 2 is 0.707 bits per heavy atom. The van der Waals surface area contributed by atoms with Gasteiger partial charge in [-0.25, -0.2) is 0 Å². The molecular weight excluding hydrogens is 715 g/mol. The molecule has 0 aliphatic carbocycles. The Morgan fingerprint density at radius 3 is 1.05 bits per heavy atom. The van der Waals surface area contributed by atoms with Crippen LogP contribution in [0.5, 0.6) is 0 Å². The van der Waals surface area contributed by atoms with Crippen molar-refractivity contribution in [3.63, 3.8) is 0 Å². The van der Waals surface area contributed by atoms with Gasteiger partial charge >= 0.3 is 0 Å².